The number of fused-ring (bicyclic) bond motifs is 1. The molecular weight excluding hydrogens is 280 g/mol. The third-order valence-corrected chi connectivity index (χ3v) is 3.74. The minimum atomic E-state index is -0.0823. The summed E-state index contributed by atoms with van der Waals surface area (Å²) in [7, 11) is 3.51. The first-order valence-corrected chi connectivity index (χ1v) is 7.08. The SMILES string of the molecule is COc1ccc2cc(C(=O)NCCc3cn[nH]c3)n(C)c2c1. The molecule has 0 bridgehead atoms. The Balaban J connectivity index is 1.74. The number of aryl methyl sites for hydroxylation is 1. The number of nitrogens with zero attached hydrogens (tertiary/aromatic N) is 2. The van der Waals surface area contributed by atoms with Crippen molar-refractivity contribution in [3.05, 3.63) is 47.9 Å². The molecule has 114 valence electrons. The monoisotopic (exact) mass is 298 g/mol. The van der Waals surface area contributed by atoms with Crippen LogP contribution in [0.25, 0.3) is 10.9 Å². The Morgan fingerprint density at radius 1 is 1.41 bits per heavy atom. The number of carbonyl (C=O) groups excluding carboxylic acids is 1. The van der Waals surface area contributed by atoms with Gasteiger partial charge in [-0.25, -0.2) is 0 Å². The maximum atomic E-state index is 12.3. The summed E-state index contributed by atoms with van der Waals surface area (Å²) in [5.74, 6) is 0.696. The lowest BCUT2D eigenvalue weighted by molar-refractivity contribution is 0.0946. The van der Waals surface area contributed by atoms with Gasteiger partial charge in [-0.3, -0.25) is 9.89 Å². The molecule has 0 atom stereocenters. The summed E-state index contributed by atoms with van der Waals surface area (Å²) in [5, 5.41) is 10.6. The number of hydrogen-bond donors (Lipinski definition) is 2. The van der Waals surface area contributed by atoms with E-state index in [1.807, 2.05) is 42.1 Å². The Morgan fingerprint density at radius 2 is 2.27 bits per heavy atom. The van der Waals surface area contributed by atoms with E-state index in [9.17, 15) is 4.79 Å². The molecule has 0 spiro atoms. The molecule has 0 fully saturated rings. The zero-order valence-electron chi connectivity index (χ0n) is 12.6. The van der Waals surface area contributed by atoms with Gasteiger partial charge >= 0.3 is 0 Å². The van der Waals surface area contributed by atoms with E-state index in [1.54, 1.807) is 13.3 Å². The molecule has 1 aromatic carbocycles. The van der Waals surface area contributed by atoms with Gasteiger partial charge in [0.1, 0.15) is 11.4 Å². The predicted octanol–water partition coefficient (Wildman–Crippen LogP) is 1.88. The van der Waals surface area contributed by atoms with E-state index in [-0.39, 0.29) is 5.91 Å². The minimum absolute atomic E-state index is 0.0823. The standard InChI is InChI=1S/C16H18N4O2/c1-20-14-8-13(22-2)4-3-12(14)7-15(20)16(21)17-6-5-11-9-18-19-10-11/h3-4,7-10H,5-6H2,1-2H3,(H,17,21)(H,18,19). The summed E-state index contributed by atoms with van der Waals surface area (Å²) in [4.78, 5) is 12.3. The van der Waals surface area contributed by atoms with Gasteiger partial charge in [-0.05, 0) is 30.2 Å². The third-order valence-electron chi connectivity index (χ3n) is 3.74. The Morgan fingerprint density at radius 3 is 3.00 bits per heavy atom. The average molecular weight is 298 g/mol. The number of ether oxygens (including phenoxy) is 1. The number of methoxy groups -OCH3 is 1. The summed E-state index contributed by atoms with van der Waals surface area (Å²) < 4.78 is 7.11. The fourth-order valence-electron chi connectivity index (χ4n) is 2.48. The van der Waals surface area contributed by atoms with Crippen molar-refractivity contribution in [3.63, 3.8) is 0 Å². The molecule has 0 saturated heterocycles. The Bertz CT molecular complexity index is 790. The van der Waals surface area contributed by atoms with Gasteiger partial charge in [0.25, 0.3) is 5.91 Å². The van der Waals surface area contributed by atoms with E-state index in [2.05, 4.69) is 15.5 Å². The van der Waals surface area contributed by atoms with Gasteiger partial charge < -0.3 is 14.6 Å². The largest absolute Gasteiger partial charge is 0.497 e. The Hall–Kier alpha value is -2.76. The summed E-state index contributed by atoms with van der Waals surface area (Å²) in [6.07, 6.45) is 4.34. The highest BCUT2D eigenvalue weighted by Crippen LogP contribution is 2.23. The number of nitrogens with one attached hydrogen (secondary N) is 2. The van der Waals surface area contributed by atoms with Gasteiger partial charge in [-0.1, -0.05) is 0 Å². The van der Waals surface area contributed by atoms with Gasteiger partial charge in [0.15, 0.2) is 0 Å². The molecule has 0 saturated carbocycles. The lowest BCUT2D eigenvalue weighted by Gasteiger charge is -2.06. The molecule has 0 unspecified atom stereocenters. The van der Waals surface area contributed by atoms with Crippen molar-refractivity contribution in [2.45, 2.75) is 6.42 Å². The van der Waals surface area contributed by atoms with Crippen LogP contribution in [0.2, 0.25) is 0 Å². The van der Waals surface area contributed by atoms with Crippen LogP contribution < -0.4 is 10.1 Å². The van der Waals surface area contributed by atoms with Gasteiger partial charge in [0.2, 0.25) is 0 Å². The van der Waals surface area contributed by atoms with Crippen LogP contribution in [0.1, 0.15) is 16.1 Å². The maximum Gasteiger partial charge on any atom is 0.267 e. The highest BCUT2D eigenvalue weighted by Gasteiger charge is 2.13. The highest BCUT2D eigenvalue weighted by atomic mass is 16.5. The van der Waals surface area contributed by atoms with E-state index >= 15 is 0 Å². The molecule has 22 heavy (non-hydrogen) atoms. The first kappa shape index (κ1) is 14.2. The van der Waals surface area contributed by atoms with Crippen molar-refractivity contribution in [3.8, 4) is 5.75 Å². The molecule has 2 aromatic heterocycles. The second kappa shape index (κ2) is 5.93. The second-order valence-electron chi connectivity index (χ2n) is 5.13. The molecule has 3 rings (SSSR count). The summed E-state index contributed by atoms with van der Waals surface area (Å²) in [6.45, 7) is 0.573. The zero-order valence-corrected chi connectivity index (χ0v) is 12.6. The smallest absolute Gasteiger partial charge is 0.267 e. The van der Waals surface area contributed by atoms with Crippen LogP contribution in [-0.4, -0.2) is 34.3 Å². The number of hydrogen-bond acceptors (Lipinski definition) is 3. The molecule has 0 aliphatic heterocycles. The molecule has 2 heterocycles. The molecule has 0 radical (unpaired) electrons. The van der Waals surface area contributed by atoms with Gasteiger partial charge in [-0.15, -0.1) is 0 Å². The average Bonchev–Trinajstić information content (AvgIpc) is 3.15. The van der Waals surface area contributed by atoms with Crippen LogP contribution in [-0.2, 0) is 13.5 Å². The van der Waals surface area contributed by atoms with E-state index in [0.29, 0.717) is 12.2 Å². The predicted molar refractivity (Wildman–Crippen MR) is 84.1 cm³/mol. The fraction of sp³-hybridized carbons (Fsp3) is 0.250. The van der Waals surface area contributed by atoms with Crippen molar-refractivity contribution in [2.75, 3.05) is 13.7 Å². The van der Waals surface area contributed by atoms with E-state index in [1.165, 1.54) is 0 Å². The lowest BCUT2D eigenvalue weighted by Crippen LogP contribution is -2.27. The van der Waals surface area contributed by atoms with Crippen LogP contribution >= 0.6 is 0 Å². The third kappa shape index (κ3) is 2.67. The van der Waals surface area contributed by atoms with Crippen molar-refractivity contribution < 1.29 is 9.53 Å². The quantitative estimate of drug-likeness (QED) is 0.755. The number of benzene rings is 1. The summed E-state index contributed by atoms with van der Waals surface area (Å²) in [5.41, 5.74) is 2.68. The van der Waals surface area contributed by atoms with Gasteiger partial charge in [0, 0.05) is 31.2 Å². The number of rotatable bonds is 5. The summed E-state index contributed by atoms with van der Waals surface area (Å²) >= 11 is 0. The zero-order chi connectivity index (χ0) is 15.5. The molecule has 0 aliphatic carbocycles. The first-order valence-electron chi connectivity index (χ1n) is 7.08. The van der Waals surface area contributed by atoms with Crippen LogP contribution in [0, 0.1) is 0 Å². The number of H-pyrrole nitrogens is 1. The number of aromatic nitrogens is 3. The fourth-order valence-corrected chi connectivity index (χ4v) is 2.48. The molecular formula is C16H18N4O2. The molecule has 0 aliphatic rings. The van der Waals surface area contributed by atoms with E-state index < -0.39 is 0 Å². The second-order valence-corrected chi connectivity index (χ2v) is 5.13. The summed E-state index contributed by atoms with van der Waals surface area (Å²) in [6, 6.07) is 7.67. The van der Waals surface area contributed by atoms with Crippen LogP contribution in [0.3, 0.4) is 0 Å². The van der Waals surface area contributed by atoms with Gasteiger partial charge in [0.05, 0.1) is 18.8 Å². The first-order chi connectivity index (χ1) is 10.7. The van der Waals surface area contributed by atoms with Gasteiger partial charge in [-0.2, -0.15) is 5.10 Å². The normalized spacial score (nSPS) is 10.8. The Kier molecular flexibility index (Phi) is 3.82. The number of amides is 1. The molecule has 6 nitrogen and oxygen atoms in total. The van der Waals surface area contributed by atoms with E-state index in [0.717, 1.165) is 28.6 Å². The van der Waals surface area contributed by atoms with E-state index in [4.69, 9.17) is 4.74 Å². The number of carbonyl (C=O) groups is 1. The molecule has 2 N–H and O–H groups in total. The van der Waals surface area contributed by atoms with Crippen molar-refractivity contribution >= 4 is 16.8 Å². The maximum absolute atomic E-state index is 12.3. The highest BCUT2D eigenvalue weighted by molar-refractivity contribution is 5.99. The van der Waals surface area contributed by atoms with Crippen molar-refractivity contribution in [2.24, 2.45) is 7.05 Å². The molecule has 1 amide bonds. The van der Waals surface area contributed by atoms with Crippen LogP contribution in [0.4, 0.5) is 0 Å². The number of aromatic amines is 1. The van der Waals surface area contributed by atoms with Crippen LogP contribution in [0.5, 0.6) is 5.75 Å². The topological polar surface area (TPSA) is 71.9 Å². The minimum Gasteiger partial charge on any atom is -0.497 e. The Labute approximate surface area is 128 Å². The van der Waals surface area contributed by atoms with Crippen LogP contribution in [0.15, 0.2) is 36.7 Å². The molecule has 6 heteroatoms. The van der Waals surface area contributed by atoms with Crippen molar-refractivity contribution in [1.82, 2.24) is 20.1 Å². The lowest BCUT2D eigenvalue weighted by atomic mass is 10.2. The van der Waals surface area contributed by atoms with Crippen molar-refractivity contribution in [1.29, 1.82) is 0 Å². The molecule has 3 aromatic rings.